The monoisotopic (exact) mass is 302 g/mol. The second kappa shape index (κ2) is 7.60. The molecule has 0 aromatic heterocycles. The van der Waals surface area contributed by atoms with E-state index in [9.17, 15) is 0 Å². The molecule has 0 aliphatic rings. The highest BCUT2D eigenvalue weighted by Crippen LogP contribution is 2.20. The Kier molecular flexibility index (Phi) is 5.80. The van der Waals surface area contributed by atoms with Crippen molar-refractivity contribution in [1.29, 1.82) is 0 Å². The molecule has 0 spiro atoms. The molecule has 112 valence electrons. The lowest BCUT2D eigenvalue weighted by molar-refractivity contribution is 0.281. The standard InChI is InChI=1S/C18H23ClN2/c1-14(15-9-11-17(19)12-10-15)20-13-18(21(2)3)16-7-5-4-6-8-16/h4-12,14,18,20H,13H2,1-3H3. The first kappa shape index (κ1) is 16.0. The fourth-order valence-corrected chi connectivity index (χ4v) is 2.56. The number of hydrogen-bond donors (Lipinski definition) is 1. The van der Waals surface area contributed by atoms with E-state index in [-0.39, 0.29) is 0 Å². The lowest BCUT2D eigenvalue weighted by Gasteiger charge is -2.27. The van der Waals surface area contributed by atoms with Crippen LogP contribution in [0.1, 0.15) is 30.1 Å². The molecular weight excluding hydrogens is 280 g/mol. The van der Waals surface area contributed by atoms with Gasteiger partial charge in [-0.25, -0.2) is 0 Å². The highest BCUT2D eigenvalue weighted by molar-refractivity contribution is 6.30. The van der Waals surface area contributed by atoms with E-state index in [1.165, 1.54) is 11.1 Å². The van der Waals surface area contributed by atoms with E-state index in [4.69, 9.17) is 11.6 Å². The summed E-state index contributed by atoms with van der Waals surface area (Å²) in [6.45, 7) is 3.09. The van der Waals surface area contributed by atoms with Gasteiger partial charge in [0.05, 0.1) is 0 Å². The van der Waals surface area contributed by atoms with Crippen LogP contribution < -0.4 is 5.32 Å². The van der Waals surface area contributed by atoms with Gasteiger partial charge in [-0.15, -0.1) is 0 Å². The number of nitrogens with zero attached hydrogens (tertiary/aromatic N) is 1. The van der Waals surface area contributed by atoms with Crippen molar-refractivity contribution in [1.82, 2.24) is 10.2 Å². The van der Waals surface area contributed by atoms with Gasteiger partial charge in [-0.3, -0.25) is 0 Å². The summed E-state index contributed by atoms with van der Waals surface area (Å²) >= 11 is 5.94. The molecule has 0 amide bonds. The van der Waals surface area contributed by atoms with Crippen molar-refractivity contribution in [2.45, 2.75) is 19.0 Å². The van der Waals surface area contributed by atoms with Crippen LogP contribution in [0.5, 0.6) is 0 Å². The smallest absolute Gasteiger partial charge is 0.0467 e. The number of likely N-dealkylation sites (N-methyl/N-ethyl adjacent to an activating group) is 1. The van der Waals surface area contributed by atoms with Gasteiger partial charge in [-0.2, -0.15) is 0 Å². The van der Waals surface area contributed by atoms with Gasteiger partial charge in [0.1, 0.15) is 0 Å². The molecule has 2 atom stereocenters. The largest absolute Gasteiger partial charge is 0.308 e. The van der Waals surface area contributed by atoms with Gasteiger partial charge in [0.25, 0.3) is 0 Å². The third kappa shape index (κ3) is 4.57. The van der Waals surface area contributed by atoms with Crippen LogP contribution in [0, 0.1) is 0 Å². The second-order valence-corrected chi connectivity index (χ2v) is 6.01. The topological polar surface area (TPSA) is 15.3 Å². The van der Waals surface area contributed by atoms with E-state index in [1.54, 1.807) is 0 Å². The maximum absolute atomic E-state index is 5.94. The molecule has 0 radical (unpaired) electrons. The Morgan fingerprint density at radius 2 is 1.57 bits per heavy atom. The minimum atomic E-state index is 0.299. The second-order valence-electron chi connectivity index (χ2n) is 5.57. The van der Waals surface area contributed by atoms with Crippen molar-refractivity contribution in [2.75, 3.05) is 20.6 Å². The predicted molar refractivity (Wildman–Crippen MR) is 90.7 cm³/mol. The number of nitrogens with one attached hydrogen (secondary N) is 1. The van der Waals surface area contributed by atoms with Crippen LogP contribution in [0.4, 0.5) is 0 Å². The molecule has 3 heteroatoms. The molecule has 0 aliphatic carbocycles. The molecule has 0 saturated carbocycles. The highest BCUT2D eigenvalue weighted by atomic mass is 35.5. The van der Waals surface area contributed by atoms with Crippen LogP contribution in [-0.4, -0.2) is 25.5 Å². The van der Waals surface area contributed by atoms with Crippen LogP contribution in [0.2, 0.25) is 5.02 Å². The van der Waals surface area contributed by atoms with Crippen molar-refractivity contribution in [2.24, 2.45) is 0 Å². The van der Waals surface area contributed by atoms with Crippen LogP contribution in [0.25, 0.3) is 0 Å². The van der Waals surface area contributed by atoms with E-state index >= 15 is 0 Å². The molecule has 2 nitrogen and oxygen atoms in total. The van der Waals surface area contributed by atoms with Gasteiger partial charge >= 0.3 is 0 Å². The van der Waals surface area contributed by atoms with Crippen LogP contribution in [0.15, 0.2) is 54.6 Å². The van der Waals surface area contributed by atoms with Crippen LogP contribution in [0.3, 0.4) is 0 Å². The first-order chi connectivity index (χ1) is 10.1. The summed E-state index contributed by atoms with van der Waals surface area (Å²) in [6, 6.07) is 19.3. The van der Waals surface area contributed by atoms with Crippen LogP contribution >= 0.6 is 11.6 Å². The fraction of sp³-hybridized carbons (Fsp3) is 0.333. The zero-order valence-corrected chi connectivity index (χ0v) is 13.6. The molecule has 0 bridgehead atoms. The summed E-state index contributed by atoms with van der Waals surface area (Å²) in [6.07, 6.45) is 0. The molecular formula is C18H23ClN2. The minimum Gasteiger partial charge on any atom is -0.308 e. The van der Waals surface area contributed by atoms with Gasteiger partial charge in [0.15, 0.2) is 0 Å². The summed E-state index contributed by atoms with van der Waals surface area (Å²) < 4.78 is 0. The van der Waals surface area contributed by atoms with Gasteiger partial charge in [-0.05, 0) is 44.3 Å². The van der Waals surface area contributed by atoms with Gasteiger partial charge < -0.3 is 10.2 Å². The van der Waals surface area contributed by atoms with Crippen molar-refractivity contribution < 1.29 is 0 Å². The van der Waals surface area contributed by atoms with E-state index < -0.39 is 0 Å². The average molecular weight is 303 g/mol. The Morgan fingerprint density at radius 1 is 0.952 bits per heavy atom. The van der Waals surface area contributed by atoms with E-state index in [0.29, 0.717) is 12.1 Å². The first-order valence-electron chi connectivity index (χ1n) is 7.28. The molecule has 2 aromatic carbocycles. The van der Waals surface area contributed by atoms with Gasteiger partial charge in [0, 0.05) is 23.7 Å². The number of benzene rings is 2. The summed E-state index contributed by atoms with van der Waals surface area (Å²) in [5.41, 5.74) is 2.59. The lowest BCUT2D eigenvalue weighted by atomic mass is 10.0. The zero-order valence-electron chi connectivity index (χ0n) is 12.9. The molecule has 0 aliphatic heterocycles. The summed E-state index contributed by atoms with van der Waals surface area (Å²) in [5, 5.41) is 4.39. The third-order valence-electron chi connectivity index (χ3n) is 3.80. The minimum absolute atomic E-state index is 0.299. The number of halogens is 1. The Balaban J connectivity index is 2.00. The quantitative estimate of drug-likeness (QED) is 0.856. The molecule has 1 N–H and O–H groups in total. The summed E-state index contributed by atoms with van der Waals surface area (Å²) in [5.74, 6) is 0. The molecule has 21 heavy (non-hydrogen) atoms. The predicted octanol–water partition coefficient (Wildman–Crippen LogP) is 4.29. The lowest BCUT2D eigenvalue weighted by Crippen LogP contribution is -2.32. The zero-order chi connectivity index (χ0) is 15.2. The molecule has 0 heterocycles. The highest BCUT2D eigenvalue weighted by Gasteiger charge is 2.15. The Morgan fingerprint density at radius 3 is 2.14 bits per heavy atom. The Labute approximate surface area is 132 Å². The van der Waals surface area contributed by atoms with Gasteiger partial charge in [-0.1, -0.05) is 54.1 Å². The first-order valence-corrected chi connectivity index (χ1v) is 7.66. The van der Waals surface area contributed by atoms with Crippen LogP contribution in [-0.2, 0) is 0 Å². The maximum atomic E-state index is 5.94. The van der Waals surface area contributed by atoms with E-state index in [2.05, 4.69) is 73.7 Å². The average Bonchev–Trinajstić information content (AvgIpc) is 2.48. The third-order valence-corrected chi connectivity index (χ3v) is 4.05. The van der Waals surface area contributed by atoms with Crippen molar-refractivity contribution in [3.05, 3.63) is 70.7 Å². The Bertz CT molecular complexity index is 537. The Hall–Kier alpha value is -1.35. The normalized spacial score (nSPS) is 14.1. The SMILES string of the molecule is CC(NCC(c1ccccc1)N(C)C)c1ccc(Cl)cc1. The summed E-state index contributed by atoms with van der Waals surface area (Å²) in [4.78, 5) is 2.25. The molecule has 2 rings (SSSR count). The number of hydrogen-bond acceptors (Lipinski definition) is 2. The van der Waals surface area contributed by atoms with E-state index in [1.807, 2.05) is 12.1 Å². The van der Waals surface area contributed by atoms with Crippen molar-refractivity contribution >= 4 is 11.6 Å². The molecule has 2 aromatic rings. The van der Waals surface area contributed by atoms with E-state index in [0.717, 1.165) is 11.6 Å². The van der Waals surface area contributed by atoms with Crippen molar-refractivity contribution in [3.63, 3.8) is 0 Å². The fourth-order valence-electron chi connectivity index (χ4n) is 2.43. The van der Waals surface area contributed by atoms with Gasteiger partial charge in [0.2, 0.25) is 0 Å². The molecule has 2 unspecified atom stereocenters. The van der Waals surface area contributed by atoms with Crippen molar-refractivity contribution in [3.8, 4) is 0 Å². The summed E-state index contributed by atoms with van der Waals surface area (Å²) in [7, 11) is 4.23. The maximum Gasteiger partial charge on any atom is 0.0467 e. The molecule has 0 saturated heterocycles. The number of rotatable bonds is 6. The molecule has 0 fully saturated rings.